The average Bonchev–Trinajstić information content (AvgIpc) is 4.09. The Kier molecular flexibility index (Phi) is 10.7. The Morgan fingerprint density at radius 1 is 0.552 bits per heavy atom. The third kappa shape index (κ3) is 7.89. The lowest BCUT2D eigenvalue weighted by Gasteiger charge is -2.28. The fourth-order valence-corrected chi connectivity index (χ4v) is 8.06. The van der Waals surface area contributed by atoms with E-state index in [9.17, 15) is 29.4 Å². The zero-order valence-electron chi connectivity index (χ0n) is 31.4. The molecular formula is C44H42N8O6. The van der Waals surface area contributed by atoms with Gasteiger partial charge in [-0.1, -0.05) is 109 Å². The van der Waals surface area contributed by atoms with Gasteiger partial charge in [-0.25, -0.2) is 19.6 Å². The molecular weight excluding hydrogens is 737 g/mol. The van der Waals surface area contributed by atoms with Gasteiger partial charge < -0.3 is 40.6 Å². The normalized spacial score (nSPS) is 17.4. The molecule has 0 radical (unpaired) electrons. The highest BCUT2D eigenvalue weighted by atomic mass is 16.4. The van der Waals surface area contributed by atoms with Crippen LogP contribution in [0, 0.1) is 0 Å². The van der Waals surface area contributed by atoms with Crippen molar-refractivity contribution < 1.29 is 29.4 Å². The molecule has 2 saturated heterocycles. The summed E-state index contributed by atoms with van der Waals surface area (Å²) in [6.45, 7) is 1.01. The Balaban J connectivity index is 0.929. The number of carbonyl (C=O) groups is 4. The molecule has 4 heterocycles. The number of nitrogens with zero attached hydrogens (tertiary/aromatic N) is 4. The van der Waals surface area contributed by atoms with Crippen molar-refractivity contribution in [3.05, 3.63) is 144 Å². The first kappa shape index (κ1) is 37.7. The molecule has 6 aromatic rings. The molecule has 14 heteroatoms. The van der Waals surface area contributed by atoms with Gasteiger partial charge in [0, 0.05) is 13.1 Å². The molecule has 0 unspecified atom stereocenters. The van der Waals surface area contributed by atoms with E-state index >= 15 is 0 Å². The van der Waals surface area contributed by atoms with Gasteiger partial charge in [0.05, 0.1) is 35.9 Å². The van der Waals surface area contributed by atoms with E-state index in [4.69, 9.17) is 0 Å². The Morgan fingerprint density at radius 2 is 0.914 bits per heavy atom. The topological polar surface area (TPSA) is 197 Å². The number of carbonyl (C=O) groups excluding carboxylic acids is 2. The minimum absolute atomic E-state index is 0.306. The second-order valence-corrected chi connectivity index (χ2v) is 14.5. The van der Waals surface area contributed by atoms with Gasteiger partial charge >= 0.3 is 12.2 Å². The fourth-order valence-electron chi connectivity index (χ4n) is 8.06. The van der Waals surface area contributed by atoms with Crippen molar-refractivity contribution in [3.63, 3.8) is 0 Å². The molecule has 4 aromatic carbocycles. The van der Waals surface area contributed by atoms with Crippen LogP contribution in [0.3, 0.4) is 0 Å². The van der Waals surface area contributed by atoms with Gasteiger partial charge in [0.2, 0.25) is 0 Å². The quantitative estimate of drug-likeness (QED) is 0.0778. The molecule has 2 aromatic heterocycles. The van der Waals surface area contributed by atoms with Crippen LogP contribution in [0.2, 0.25) is 0 Å². The minimum Gasteiger partial charge on any atom is -0.465 e. The van der Waals surface area contributed by atoms with Crippen LogP contribution in [-0.2, 0) is 9.59 Å². The minimum atomic E-state index is -1.26. The van der Waals surface area contributed by atoms with Crippen LogP contribution in [0.25, 0.3) is 33.6 Å². The average molecular weight is 779 g/mol. The zero-order chi connectivity index (χ0) is 40.2. The summed E-state index contributed by atoms with van der Waals surface area (Å²) < 4.78 is 0. The van der Waals surface area contributed by atoms with Crippen LogP contribution in [0.15, 0.2) is 122 Å². The van der Waals surface area contributed by atoms with Gasteiger partial charge in [0.15, 0.2) is 0 Å². The highest BCUT2D eigenvalue weighted by Gasteiger charge is 2.38. The maximum absolute atomic E-state index is 13.7. The van der Waals surface area contributed by atoms with Gasteiger partial charge in [-0.3, -0.25) is 9.59 Å². The molecule has 0 spiro atoms. The van der Waals surface area contributed by atoms with Crippen LogP contribution in [0.1, 0.15) is 72.6 Å². The second kappa shape index (κ2) is 16.5. The van der Waals surface area contributed by atoms with Crippen LogP contribution in [-0.4, -0.2) is 77.0 Å². The Hall–Kier alpha value is -7.22. The van der Waals surface area contributed by atoms with Crippen LogP contribution < -0.4 is 10.6 Å². The Bertz CT molecular complexity index is 2230. The predicted molar refractivity (Wildman–Crippen MR) is 215 cm³/mol. The van der Waals surface area contributed by atoms with E-state index in [1.807, 2.05) is 60.7 Å². The summed E-state index contributed by atoms with van der Waals surface area (Å²) in [5.74, 6) is 0.690. The number of aromatic amines is 2. The lowest BCUT2D eigenvalue weighted by atomic mass is 10.0. The van der Waals surface area contributed by atoms with Crippen molar-refractivity contribution in [2.45, 2.75) is 49.9 Å². The third-order valence-corrected chi connectivity index (χ3v) is 10.9. The number of nitrogens with one attached hydrogen (secondary N) is 4. The van der Waals surface area contributed by atoms with E-state index < -0.39 is 24.3 Å². The summed E-state index contributed by atoms with van der Waals surface area (Å²) in [5.41, 5.74) is 6.70. The van der Waals surface area contributed by atoms with Crippen molar-refractivity contribution in [1.82, 2.24) is 40.4 Å². The van der Waals surface area contributed by atoms with Crippen molar-refractivity contribution in [3.8, 4) is 33.6 Å². The lowest BCUT2D eigenvalue weighted by molar-refractivity contribution is -0.135. The van der Waals surface area contributed by atoms with E-state index in [1.165, 1.54) is 0 Å². The molecule has 2 aliphatic rings. The van der Waals surface area contributed by atoms with E-state index in [0.717, 1.165) is 46.5 Å². The van der Waals surface area contributed by atoms with E-state index in [1.54, 1.807) is 70.7 Å². The Morgan fingerprint density at radius 3 is 1.28 bits per heavy atom. The van der Waals surface area contributed by atoms with Crippen LogP contribution in [0.4, 0.5) is 9.59 Å². The molecule has 6 N–H and O–H groups in total. The number of likely N-dealkylation sites (tertiary alicyclic amines) is 2. The molecule has 2 aliphatic heterocycles. The number of hydrogen-bond acceptors (Lipinski definition) is 6. The molecule has 0 bridgehead atoms. The van der Waals surface area contributed by atoms with Gasteiger partial charge in [-0.15, -0.1) is 0 Å². The SMILES string of the molecule is O=C(O)N[C@H](C(=O)N1CCC[C@H]1c1ncc(-c2ccc(-c3ccc(-c4cnc([C@@H]5CCCN5C(=O)[C@@H](NC(=O)O)c5ccccc5)[nH]4)cc3)cc2)[nH]1)c1ccccc1. The summed E-state index contributed by atoms with van der Waals surface area (Å²) in [7, 11) is 0. The smallest absolute Gasteiger partial charge is 0.405 e. The first-order valence-electron chi connectivity index (χ1n) is 19.2. The molecule has 58 heavy (non-hydrogen) atoms. The monoisotopic (exact) mass is 778 g/mol. The molecule has 4 amide bonds. The van der Waals surface area contributed by atoms with Crippen molar-refractivity contribution in [2.24, 2.45) is 0 Å². The summed E-state index contributed by atoms with van der Waals surface area (Å²) in [5, 5.41) is 23.8. The molecule has 294 valence electrons. The second-order valence-electron chi connectivity index (χ2n) is 14.5. The molecule has 14 nitrogen and oxygen atoms in total. The number of carboxylic acid groups (broad SMARTS) is 2. The van der Waals surface area contributed by atoms with E-state index in [-0.39, 0.29) is 23.9 Å². The van der Waals surface area contributed by atoms with Gasteiger partial charge in [0.1, 0.15) is 23.7 Å². The number of rotatable bonds is 11. The van der Waals surface area contributed by atoms with Crippen molar-refractivity contribution >= 4 is 24.0 Å². The van der Waals surface area contributed by atoms with Crippen LogP contribution >= 0.6 is 0 Å². The van der Waals surface area contributed by atoms with E-state index in [2.05, 4.69) is 30.6 Å². The summed E-state index contributed by atoms with van der Waals surface area (Å²) >= 11 is 0. The third-order valence-electron chi connectivity index (χ3n) is 10.9. The Labute approximate surface area is 334 Å². The lowest BCUT2D eigenvalue weighted by Crippen LogP contribution is -2.42. The molecule has 8 rings (SSSR count). The number of hydrogen-bond donors (Lipinski definition) is 6. The number of aromatic nitrogens is 4. The molecule has 4 atom stereocenters. The predicted octanol–water partition coefficient (Wildman–Crippen LogP) is 7.48. The number of H-pyrrole nitrogens is 2. The van der Waals surface area contributed by atoms with Gasteiger partial charge in [-0.2, -0.15) is 0 Å². The maximum atomic E-state index is 13.7. The summed E-state index contributed by atoms with van der Waals surface area (Å²) in [6.07, 6.45) is 3.97. The first-order valence-corrected chi connectivity index (χ1v) is 19.2. The molecule has 2 fully saturated rings. The fraction of sp³-hybridized carbons (Fsp3) is 0.227. The highest BCUT2D eigenvalue weighted by Crippen LogP contribution is 2.36. The van der Waals surface area contributed by atoms with Crippen molar-refractivity contribution in [1.29, 1.82) is 0 Å². The highest BCUT2D eigenvalue weighted by molar-refractivity contribution is 5.88. The van der Waals surface area contributed by atoms with Gasteiger partial charge in [0.25, 0.3) is 11.8 Å². The molecule has 0 aliphatic carbocycles. The van der Waals surface area contributed by atoms with Gasteiger partial charge in [-0.05, 0) is 59.1 Å². The summed E-state index contributed by atoms with van der Waals surface area (Å²) in [4.78, 5) is 70.2. The summed E-state index contributed by atoms with van der Waals surface area (Å²) in [6, 6.07) is 31.3. The van der Waals surface area contributed by atoms with E-state index in [0.29, 0.717) is 48.7 Å². The largest absolute Gasteiger partial charge is 0.465 e. The first-order chi connectivity index (χ1) is 28.2. The van der Waals surface area contributed by atoms with Crippen LogP contribution in [0.5, 0.6) is 0 Å². The number of amides is 4. The number of imidazole rings is 2. The van der Waals surface area contributed by atoms with Crippen molar-refractivity contribution in [2.75, 3.05) is 13.1 Å². The number of benzene rings is 4. The molecule has 0 saturated carbocycles. The zero-order valence-corrected chi connectivity index (χ0v) is 31.4. The standard InChI is InChI=1S/C44H42N8O6/c53-41(37(49-43(55)56)31-9-3-1-4-10-31)51-23-7-13-35(51)39-45-25-33(47-39)29-19-15-27(16-20-29)28-17-21-30(22-18-28)34-26-46-40(48-34)36-14-8-24-52(36)42(54)38(50-44(57)58)32-11-5-2-6-12-32/h1-6,9-12,15-22,25-26,35-38,49-50H,7-8,13-14,23-24H2,(H,45,47)(H,46,48)(H,55,56)(H,57,58)/t35-,36-,37-,38-/m0/s1. The maximum Gasteiger partial charge on any atom is 0.405 e.